The van der Waals surface area contributed by atoms with E-state index in [-0.39, 0.29) is 56.9 Å². The van der Waals surface area contributed by atoms with E-state index in [0.717, 1.165) is 11.1 Å². The summed E-state index contributed by atoms with van der Waals surface area (Å²) in [6.45, 7) is 1.07. The van der Waals surface area contributed by atoms with Crippen molar-refractivity contribution in [1.82, 2.24) is 36.1 Å². The molecule has 0 saturated heterocycles. The van der Waals surface area contributed by atoms with Crippen molar-refractivity contribution in [3.8, 4) is 11.4 Å². The molecule has 326 valence electrons. The van der Waals surface area contributed by atoms with E-state index in [4.69, 9.17) is 20.2 Å². The van der Waals surface area contributed by atoms with Crippen molar-refractivity contribution in [3.05, 3.63) is 97.6 Å². The van der Waals surface area contributed by atoms with Gasteiger partial charge in [-0.1, -0.05) is 37.3 Å². The van der Waals surface area contributed by atoms with Gasteiger partial charge in [-0.2, -0.15) is 0 Å². The Bertz CT molecular complexity index is 2550. The van der Waals surface area contributed by atoms with Crippen LogP contribution in [0.1, 0.15) is 71.2 Å². The van der Waals surface area contributed by atoms with E-state index in [1.165, 1.54) is 10.6 Å². The van der Waals surface area contributed by atoms with Crippen LogP contribution < -0.4 is 37.9 Å². The second-order valence-corrected chi connectivity index (χ2v) is 15.4. The molecule has 2 aliphatic heterocycles. The number of halogens is 1. The Morgan fingerprint density at radius 1 is 1.02 bits per heavy atom. The summed E-state index contributed by atoms with van der Waals surface area (Å²) in [5, 5.41) is 24.9. The number of pyridine rings is 2. The maximum Gasteiger partial charge on any atom is 0.343 e. The summed E-state index contributed by atoms with van der Waals surface area (Å²) in [5.41, 5.74) is 7.53. The van der Waals surface area contributed by atoms with Gasteiger partial charge in [-0.25, -0.2) is 14.2 Å². The highest BCUT2D eigenvalue weighted by Gasteiger charge is 2.46. The van der Waals surface area contributed by atoms with Crippen LogP contribution in [0.2, 0.25) is 0 Å². The summed E-state index contributed by atoms with van der Waals surface area (Å²) >= 11 is 0. The minimum absolute atomic E-state index is 0.0353. The fourth-order valence-corrected chi connectivity index (χ4v) is 8.28. The van der Waals surface area contributed by atoms with Crippen molar-refractivity contribution in [2.75, 3.05) is 33.0 Å². The molecule has 1 unspecified atom stereocenters. The van der Waals surface area contributed by atoms with E-state index in [9.17, 15) is 38.7 Å². The molecular weight excluding hydrogens is 808 g/mol. The molecule has 3 aliphatic rings. The number of cyclic esters (lactones) is 1. The van der Waals surface area contributed by atoms with Crippen LogP contribution in [0.15, 0.2) is 47.3 Å². The third-order valence-electron chi connectivity index (χ3n) is 11.6. The van der Waals surface area contributed by atoms with Crippen LogP contribution in [0, 0.1) is 12.7 Å². The smallest absolute Gasteiger partial charge is 0.343 e. The van der Waals surface area contributed by atoms with Gasteiger partial charge < -0.3 is 51.5 Å². The first-order valence-corrected chi connectivity index (χ1v) is 20.3. The lowest BCUT2D eigenvalue weighted by atomic mass is 9.81. The summed E-state index contributed by atoms with van der Waals surface area (Å²) in [6.07, 6.45) is 1.42. The number of esters is 1. The average Bonchev–Trinajstić information content (AvgIpc) is 3.64. The van der Waals surface area contributed by atoms with E-state index in [1.54, 1.807) is 19.9 Å². The number of rotatable bonds is 16. The van der Waals surface area contributed by atoms with Crippen LogP contribution in [-0.2, 0) is 69.8 Å². The Morgan fingerprint density at radius 3 is 2.52 bits per heavy atom. The zero-order chi connectivity index (χ0) is 44.3. The molecule has 7 rings (SSSR count). The maximum absolute atomic E-state index is 15.3. The molecule has 0 spiro atoms. The van der Waals surface area contributed by atoms with E-state index in [1.807, 2.05) is 30.3 Å². The number of carbonyl (C=O) groups is 6. The van der Waals surface area contributed by atoms with Crippen LogP contribution >= 0.6 is 0 Å². The predicted octanol–water partition coefficient (Wildman–Crippen LogP) is 0.0296. The predicted molar refractivity (Wildman–Crippen MR) is 219 cm³/mol. The molecule has 0 bridgehead atoms. The Hall–Kier alpha value is -6.57. The largest absolute Gasteiger partial charge is 0.458 e. The van der Waals surface area contributed by atoms with Gasteiger partial charge in [0.2, 0.25) is 29.5 Å². The average molecular weight is 855 g/mol. The van der Waals surface area contributed by atoms with Crippen LogP contribution in [0.25, 0.3) is 22.3 Å². The molecule has 0 fully saturated rings. The van der Waals surface area contributed by atoms with E-state index >= 15 is 4.39 Å². The monoisotopic (exact) mass is 854 g/mol. The van der Waals surface area contributed by atoms with Crippen molar-refractivity contribution < 1.29 is 47.7 Å². The first-order chi connectivity index (χ1) is 29.7. The third-order valence-corrected chi connectivity index (χ3v) is 11.6. The fraction of sp³-hybridized carbons (Fsp3) is 0.395. The number of ether oxygens (including phenoxy) is 2. The summed E-state index contributed by atoms with van der Waals surface area (Å²) in [6, 6.07) is 10.6. The molecule has 62 heavy (non-hydrogen) atoms. The van der Waals surface area contributed by atoms with Gasteiger partial charge in [0.25, 0.3) is 5.56 Å². The lowest BCUT2D eigenvalue weighted by molar-refractivity contribution is -0.172. The highest BCUT2D eigenvalue weighted by Crippen LogP contribution is 2.46. The zero-order valence-electron chi connectivity index (χ0n) is 34.2. The molecular formula is C43H47FN8O10. The van der Waals surface area contributed by atoms with Crippen molar-refractivity contribution in [2.45, 2.75) is 76.8 Å². The number of aromatic nitrogens is 2. The number of hydrogen-bond acceptors (Lipinski definition) is 12. The number of nitrogens with zero attached hydrogens (tertiary/aromatic N) is 2. The molecule has 2 aromatic carbocycles. The Morgan fingerprint density at radius 2 is 1.77 bits per heavy atom. The number of aliphatic hydroxyl groups is 1. The Balaban J connectivity index is 0.990. The van der Waals surface area contributed by atoms with Gasteiger partial charge in [-0.3, -0.25) is 28.8 Å². The van der Waals surface area contributed by atoms with E-state index in [2.05, 4.69) is 26.6 Å². The molecule has 5 amide bonds. The molecule has 2 aromatic heterocycles. The van der Waals surface area contributed by atoms with Crippen LogP contribution in [0.5, 0.6) is 0 Å². The molecule has 0 saturated carbocycles. The summed E-state index contributed by atoms with van der Waals surface area (Å²) in [7, 11) is 0. The summed E-state index contributed by atoms with van der Waals surface area (Å²) in [5.74, 6) is -4.25. The fourth-order valence-electron chi connectivity index (χ4n) is 8.28. The Kier molecular flexibility index (Phi) is 12.8. The van der Waals surface area contributed by atoms with Gasteiger partial charge in [-0.15, -0.1) is 0 Å². The maximum atomic E-state index is 15.3. The van der Waals surface area contributed by atoms with Crippen molar-refractivity contribution >= 4 is 46.4 Å². The van der Waals surface area contributed by atoms with Crippen LogP contribution in [0.3, 0.4) is 0 Å². The molecule has 8 N–H and O–H groups in total. The number of carbonyl (C=O) groups excluding carboxylic acids is 6. The summed E-state index contributed by atoms with van der Waals surface area (Å²) < 4.78 is 27.4. The number of nitrogens with two attached hydrogens (primary N) is 1. The van der Waals surface area contributed by atoms with Gasteiger partial charge in [0.15, 0.2) is 5.60 Å². The molecule has 4 heterocycles. The number of amides is 5. The number of aryl methyl sites for hydroxylation is 2. The third kappa shape index (κ3) is 8.63. The van der Waals surface area contributed by atoms with Crippen LogP contribution in [-0.4, -0.2) is 89.2 Å². The first kappa shape index (κ1) is 43.5. The van der Waals surface area contributed by atoms with Gasteiger partial charge in [0.05, 0.1) is 54.7 Å². The van der Waals surface area contributed by atoms with E-state index in [0.29, 0.717) is 58.2 Å². The quantitative estimate of drug-likeness (QED) is 0.0394. The molecule has 0 radical (unpaired) electrons. The van der Waals surface area contributed by atoms with Crippen molar-refractivity contribution in [1.29, 1.82) is 0 Å². The second kappa shape index (κ2) is 18.2. The van der Waals surface area contributed by atoms with Crippen LogP contribution in [0.4, 0.5) is 4.39 Å². The normalized spacial score (nSPS) is 17.5. The second-order valence-electron chi connectivity index (χ2n) is 15.4. The minimum Gasteiger partial charge on any atom is -0.458 e. The van der Waals surface area contributed by atoms with Gasteiger partial charge in [-0.05, 0) is 67.3 Å². The topological polar surface area (TPSA) is 262 Å². The van der Waals surface area contributed by atoms with Gasteiger partial charge in [0, 0.05) is 22.6 Å². The number of hydrogen-bond donors (Lipinski definition) is 7. The summed E-state index contributed by atoms with van der Waals surface area (Å²) in [4.78, 5) is 94.5. The Labute approximate surface area is 354 Å². The number of nitrogens with one attached hydrogen (secondary N) is 5. The van der Waals surface area contributed by atoms with Gasteiger partial charge in [0.1, 0.15) is 31.8 Å². The number of benzene rings is 2. The number of fused-ring (bicyclic) bond motifs is 5. The highest BCUT2D eigenvalue weighted by atomic mass is 19.1. The molecule has 3 atom stereocenters. The zero-order valence-corrected chi connectivity index (χ0v) is 34.2. The van der Waals surface area contributed by atoms with E-state index < -0.39 is 77.7 Å². The molecule has 18 nitrogen and oxygen atoms in total. The van der Waals surface area contributed by atoms with Gasteiger partial charge >= 0.3 is 5.97 Å². The van der Waals surface area contributed by atoms with Crippen molar-refractivity contribution in [3.63, 3.8) is 0 Å². The van der Waals surface area contributed by atoms with Crippen molar-refractivity contribution in [2.24, 2.45) is 5.73 Å². The molecule has 19 heteroatoms. The standard InChI is InChI=1S/C43H47FN8O10/c1-3-43(60)27-13-32-39-25(18-52(32)41(58)26(27)19-62-42(43)59)38-29(12-10-24-22(2)28(44)14-31(51-39)37(24)38)49-36(56)20-61-21-48-34(54)16-47-40(57)30(11-9-23-7-5-4-6-8-23)50-35(55)17-46-33(53)15-45/h4-8,13-14,29-30,60H,3,9-12,15-21,45H2,1-2H3,(H,46,53)(H,47,57)(H,48,54)(H,49,56)(H,50,55)/t29?,30-,43-/m0/s1. The lowest BCUT2D eigenvalue weighted by Gasteiger charge is -2.31. The molecule has 1 aliphatic carbocycles. The lowest BCUT2D eigenvalue weighted by Crippen LogP contribution is -2.51. The molecule has 4 aromatic rings. The highest BCUT2D eigenvalue weighted by molar-refractivity contribution is 5.94. The SMILES string of the molecule is CC[C@@]1(O)C(=O)OCc2c1cc1n(c2=O)Cc2c-1nc1cc(F)c(C)c3c1c2C(NC(=O)COCNC(=O)CNC(=O)[C@H](CCc1ccccc1)NC(=O)CNC(=O)CN)CC3. The minimum atomic E-state index is -2.03. The first-order valence-electron chi connectivity index (χ1n) is 20.3.